The maximum absolute atomic E-state index is 12.9. The smallest absolute Gasteiger partial charge is 0.243 e. The maximum atomic E-state index is 12.9. The molecular formula is C18H15ClN2O5S. The third-order valence-corrected chi connectivity index (χ3v) is 5.95. The van der Waals surface area contributed by atoms with Crippen molar-refractivity contribution in [3.05, 3.63) is 53.2 Å². The number of fused-ring (bicyclic) bond motifs is 2. The number of H-pyrrole nitrogens is 1. The minimum Gasteiger partial charge on any atom is -0.486 e. The molecule has 1 aliphatic rings. The maximum Gasteiger partial charge on any atom is 0.243 e. The SMILES string of the molecule is O=Cc1[nH]c2ccc(Cl)cc2c1S(=O)(=O)NCC1COc2ccccc2O1. The average molecular weight is 407 g/mol. The van der Waals surface area contributed by atoms with Crippen LogP contribution in [-0.4, -0.2) is 38.9 Å². The Kier molecular flexibility index (Phi) is 4.55. The van der Waals surface area contributed by atoms with Gasteiger partial charge >= 0.3 is 0 Å². The number of rotatable bonds is 5. The highest BCUT2D eigenvalue weighted by atomic mass is 35.5. The molecule has 0 aliphatic carbocycles. The van der Waals surface area contributed by atoms with Crippen molar-refractivity contribution in [1.82, 2.24) is 9.71 Å². The number of para-hydroxylation sites is 2. The Labute approximate surface area is 160 Å². The monoisotopic (exact) mass is 406 g/mol. The van der Waals surface area contributed by atoms with E-state index >= 15 is 0 Å². The summed E-state index contributed by atoms with van der Waals surface area (Å²) in [4.78, 5) is 14.0. The Bertz CT molecular complexity index is 1130. The van der Waals surface area contributed by atoms with E-state index in [2.05, 4.69) is 9.71 Å². The molecule has 0 bridgehead atoms. The lowest BCUT2D eigenvalue weighted by Crippen LogP contribution is -2.40. The molecule has 3 aromatic rings. The lowest BCUT2D eigenvalue weighted by molar-refractivity contribution is 0.0943. The molecule has 1 aliphatic heterocycles. The van der Waals surface area contributed by atoms with Crippen LogP contribution in [0, 0.1) is 0 Å². The van der Waals surface area contributed by atoms with Gasteiger partial charge in [-0.05, 0) is 30.3 Å². The molecule has 1 unspecified atom stereocenters. The van der Waals surface area contributed by atoms with Crippen molar-refractivity contribution in [2.24, 2.45) is 0 Å². The molecule has 0 radical (unpaired) electrons. The molecule has 7 nitrogen and oxygen atoms in total. The lowest BCUT2D eigenvalue weighted by Gasteiger charge is -2.26. The number of nitrogens with one attached hydrogen (secondary N) is 2. The third-order valence-electron chi connectivity index (χ3n) is 4.20. The number of halogens is 1. The zero-order valence-corrected chi connectivity index (χ0v) is 15.5. The van der Waals surface area contributed by atoms with Crippen molar-refractivity contribution in [1.29, 1.82) is 0 Å². The second kappa shape index (κ2) is 6.88. The number of ether oxygens (including phenoxy) is 2. The predicted octanol–water partition coefficient (Wildman–Crippen LogP) is 2.75. The first-order chi connectivity index (χ1) is 13.0. The number of hydrogen-bond donors (Lipinski definition) is 2. The summed E-state index contributed by atoms with van der Waals surface area (Å²) in [5.41, 5.74) is 0.471. The molecule has 2 N–H and O–H groups in total. The zero-order valence-electron chi connectivity index (χ0n) is 13.9. The zero-order chi connectivity index (χ0) is 19.0. The van der Waals surface area contributed by atoms with Gasteiger partial charge in [0.2, 0.25) is 10.0 Å². The molecule has 4 rings (SSSR count). The van der Waals surface area contributed by atoms with Gasteiger partial charge in [-0.25, -0.2) is 13.1 Å². The molecule has 2 aromatic carbocycles. The van der Waals surface area contributed by atoms with Crippen LogP contribution in [0.25, 0.3) is 10.9 Å². The second-order valence-electron chi connectivity index (χ2n) is 6.03. The number of carbonyl (C=O) groups excluding carboxylic acids is 1. The molecular weight excluding hydrogens is 392 g/mol. The summed E-state index contributed by atoms with van der Waals surface area (Å²) >= 11 is 5.99. The van der Waals surface area contributed by atoms with Gasteiger partial charge in [0.05, 0.1) is 12.2 Å². The fraction of sp³-hybridized carbons (Fsp3) is 0.167. The number of sulfonamides is 1. The van der Waals surface area contributed by atoms with E-state index in [-0.39, 0.29) is 23.7 Å². The fourth-order valence-electron chi connectivity index (χ4n) is 2.97. The Hall–Kier alpha value is -2.55. The first kappa shape index (κ1) is 17.8. The number of benzene rings is 2. The Balaban J connectivity index is 1.59. The van der Waals surface area contributed by atoms with Crippen LogP contribution in [0.2, 0.25) is 5.02 Å². The molecule has 0 saturated carbocycles. The molecule has 1 atom stereocenters. The number of hydrogen-bond acceptors (Lipinski definition) is 5. The van der Waals surface area contributed by atoms with Gasteiger partial charge in [0.1, 0.15) is 17.6 Å². The quantitative estimate of drug-likeness (QED) is 0.635. The average Bonchev–Trinajstić information content (AvgIpc) is 3.05. The number of carbonyl (C=O) groups is 1. The Morgan fingerprint density at radius 3 is 2.78 bits per heavy atom. The van der Waals surface area contributed by atoms with Gasteiger partial charge in [0.15, 0.2) is 17.8 Å². The Morgan fingerprint density at radius 1 is 1.22 bits per heavy atom. The van der Waals surface area contributed by atoms with Gasteiger partial charge in [-0.3, -0.25) is 4.79 Å². The summed E-state index contributed by atoms with van der Waals surface area (Å²) in [7, 11) is -3.99. The van der Waals surface area contributed by atoms with Crippen molar-refractivity contribution >= 4 is 38.8 Å². The summed E-state index contributed by atoms with van der Waals surface area (Å²) in [6, 6.07) is 11.9. The van der Waals surface area contributed by atoms with Crippen LogP contribution < -0.4 is 14.2 Å². The van der Waals surface area contributed by atoms with E-state index in [9.17, 15) is 13.2 Å². The van der Waals surface area contributed by atoms with Crippen LogP contribution >= 0.6 is 11.6 Å². The summed E-state index contributed by atoms with van der Waals surface area (Å²) in [5, 5.41) is 0.722. The molecule has 2 heterocycles. The third kappa shape index (κ3) is 3.39. The van der Waals surface area contributed by atoms with Crippen molar-refractivity contribution in [3.8, 4) is 11.5 Å². The highest BCUT2D eigenvalue weighted by Gasteiger charge is 2.27. The molecule has 0 amide bonds. The second-order valence-corrected chi connectivity index (χ2v) is 8.17. The summed E-state index contributed by atoms with van der Waals surface area (Å²) in [6.45, 7) is 0.196. The van der Waals surface area contributed by atoms with Gasteiger partial charge in [-0.1, -0.05) is 23.7 Å². The molecule has 27 heavy (non-hydrogen) atoms. The van der Waals surface area contributed by atoms with E-state index in [0.29, 0.717) is 33.7 Å². The van der Waals surface area contributed by atoms with Crippen LogP contribution in [0.1, 0.15) is 10.5 Å². The van der Waals surface area contributed by atoms with E-state index in [1.54, 1.807) is 30.3 Å². The van der Waals surface area contributed by atoms with E-state index in [1.165, 1.54) is 6.07 Å². The van der Waals surface area contributed by atoms with Gasteiger partial charge < -0.3 is 14.5 Å². The normalized spacial score (nSPS) is 16.4. The first-order valence-electron chi connectivity index (χ1n) is 8.12. The number of aromatic nitrogens is 1. The molecule has 0 fully saturated rings. The van der Waals surface area contributed by atoms with E-state index in [4.69, 9.17) is 21.1 Å². The topological polar surface area (TPSA) is 97.5 Å². The highest BCUT2D eigenvalue weighted by Crippen LogP contribution is 2.31. The summed E-state index contributed by atoms with van der Waals surface area (Å²) in [5.74, 6) is 1.17. The minimum absolute atomic E-state index is 0.0117. The van der Waals surface area contributed by atoms with Crippen LogP contribution in [0.4, 0.5) is 0 Å². The lowest BCUT2D eigenvalue weighted by atomic mass is 10.2. The largest absolute Gasteiger partial charge is 0.486 e. The molecule has 1 aromatic heterocycles. The van der Waals surface area contributed by atoms with Crippen LogP contribution in [0.3, 0.4) is 0 Å². The van der Waals surface area contributed by atoms with Gasteiger partial charge in [-0.2, -0.15) is 0 Å². The van der Waals surface area contributed by atoms with Gasteiger partial charge in [0.25, 0.3) is 0 Å². The number of aromatic amines is 1. The summed E-state index contributed by atoms with van der Waals surface area (Å²) in [6.07, 6.45) is -0.0259. The van der Waals surface area contributed by atoms with Crippen molar-refractivity contribution in [2.75, 3.05) is 13.2 Å². The van der Waals surface area contributed by atoms with E-state index < -0.39 is 16.1 Å². The van der Waals surface area contributed by atoms with Gasteiger partial charge in [-0.15, -0.1) is 0 Å². The van der Waals surface area contributed by atoms with Crippen molar-refractivity contribution in [3.63, 3.8) is 0 Å². The van der Waals surface area contributed by atoms with Crippen LogP contribution in [0.5, 0.6) is 11.5 Å². The van der Waals surface area contributed by atoms with E-state index in [1.807, 2.05) is 6.07 Å². The minimum atomic E-state index is -3.99. The van der Waals surface area contributed by atoms with Crippen molar-refractivity contribution < 1.29 is 22.7 Å². The molecule has 0 spiro atoms. The molecule has 140 valence electrons. The predicted molar refractivity (Wildman–Crippen MR) is 100 cm³/mol. The molecule has 0 saturated heterocycles. The van der Waals surface area contributed by atoms with Crippen LogP contribution in [-0.2, 0) is 10.0 Å². The standard InChI is InChI=1S/C18H15ClN2O5S/c19-11-5-6-14-13(7-11)18(15(9-22)21-14)27(23,24)20-8-12-10-25-16-3-1-2-4-17(16)26-12/h1-7,9,12,20-21H,8,10H2. The number of aldehydes is 1. The van der Waals surface area contributed by atoms with Crippen LogP contribution in [0.15, 0.2) is 47.4 Å². The van der Waals surface area contributed by atoms with Crippen molar-refractivity contribution in [2.45, 2.75) is 11.0 Å². The molecule has 9 heteroatoms. The Morgan fingerprint density at radius 2 is 2.00 bits per heavy atom. The first-order valence-corrected chi connectivity index (χ1v) is 9.98. The highest BCUT2D eigenvalue weighted by molar-refractivity contribution is 7.89. The summed E-state index contributed by atoms with van der Waals surface area (Å²) < 4.78 is 39.5. The van der Waals surface area contributed by atoms with Gasteiger partial charge in [0, 0.05) is 15.9 Å². The van der Waals surface area contributed by atoms with E-state index in [0.717, 1.165) is 0 Å². The fourth-order valence-corrected chi connectivity index (χ4v) is 4.54.